The van der Waals surface area contributed by atoms with Crippen molar-refractivity contribution in [2.24, 2.45) is 17.3 Å². The van der Waals surface area contributed by atoms with E-state index in [0.29, 0.717) is 5.41 Å². The number of hydrogen-bond acceptors (Lipinski definition) is 1. The van der Waals surface area contributed by atoms with Gasteiger partial charge >= 0.3 is 0 Å². The van der Waals surface area contributed by atoms with Crippen molar-refractivity contribution in [2.45, 2.75) is 73.1 Å². The highest BCUT2D eigenvalue weighted by Crippen LogP contribution is 2.40. The lowest BCUT2D eigenvalue weighted by atomic mass is 9.69. The van der Waals surface area contributed by atoms with Gasteiger partial charge in [0.05, 0.1) is 0 Å². The number of nitrogens with one attached hydrogen (secondary N) is 1. The molecule has 1 aliphatic carbocycles. The Morgan fingerprint density at radius 2 is 1.74 bits per heavy atom. The molecule has 1 aliphatic rings. The highest BCUT2D eigenvalue weighted by atomic mass is 14.8. The van der Waals surface area contributed by atoms with E-state index in [1.54, 1.807) is 5.57 Å². The summed E-state index contributed by atoms with van der Waals surface area (Å²) < 4.78 is 0. The second kappa shape index (κ2) is 8.09. The molecule has 1 heteroatoms. The highest BCUT2D eigenvalue weighted by molar-refractivity contribution is 5.07. The first kappa shape index (κ1) is 16.8. The van der Waals surface area contributed by atoms with E-state index < -0.39 is 0 Å². The number of allylic oxidation sites excluding steroid dienone is 1. The van der Waals surface area contributed by atoms with E-state index in [4.69, 9.17) is 0 Å². The van der Waals surface area contributed by atoms with Crippen LogP contribution < -0.4 is 5.32 Å². The Balaban J connectivity index is 2.41. The smallest absolute Gasteiger partial charge is 0.0164 e. The average Bonchev–Trinajstić information content (AvgIpc) is 2.37. The number of rotatable bonds is 6. The zero-order chi connectivity index (χ0) is 14.3. The van der Waals surface area contributed by atoms with E-state index in [1.165, 1.54) is 38.5 Å². The van der Waals surface area contributed by atoms with Gasteiger partial charge in [-0.05, 0) is 62.3 Å². The van der Waals surface area contributed by atoms with Crippen molar-refractivity contribution in [1.29, 1.82) is 0 Å². The molecule has 0 amide bonds. The van der Waals surface area contributed by atoms with Crippen LogP contribution in [0, 0.1) is 17.3 Å². The molecule has 0 heterocycles. The Hall–Kier alpha value is -0.300. The lowest BCUT2D eigenvalue weighted by Gasteiger charge is -2.36. The molecule has 1 fully saturated rings. The van der Waals surface area contributed by atoms with Crippen LogP contribution in [-0.2, 0) is 0 Å². The predicted molar refractivity (Wildman–Crippen MR) is 86.4 cm³/mol. The van der Waals surface area contributed by atoms with Crippen molar-refractivity contribution >= 4 is 0 Å². The minimum absolute atomic E-state index is 0.505. The molecule has 1 nitrogen and oxygen atoms in total. The minimum atomic E-state index is 0.505. The summed E-state index contributed by atoms with van der Waals surface area (Å²) in [5.74, 6) is 1.78. The van der Waals surface area contributed by atoms with Gasteiger partial charge in [0.2, 0.25) is 0 Å². The van der Waals surface area contributed by atoms with Gasteiger partial charge in [-0.2, -0.15) is 0 Å². The zero-order valence-electron chi connectivity index (χ0n) is 13.9. The van der Waals surface area contributed by atoms with Gasteiger partial charge in [0.25, 0.3) is 0 Å². The maximum atomic E-state index is 3.54. The molecule has 1 N–H and O–H groups in total. The molecule has 19 heavy (non-hydrogen) atoms. The third kappa shape index (κ3) is 6.12. The largest absolute Gasteiger partial charge is 0.313 e. The van der Waals surface area contributed by atoms with Crippen LogP contribution in [0.5, 0.6) is 0 Å². The Morgan fingerprint density at radius 1 is 1.11 bits per heavy atom. The van der Waals surface area contributed by atoms with Crippen LogP contribution in [0.15, 0.2) is 11.6 Å². The van der Waals surface area contributed by atoms with Crippen LogP contribution in [0.2, 0.25) is 0 Å². The van der Waals surface area contributed by atoms with Crippen LogP contribution in [0.3, 0.4) is 0 Å². The third-order valence-corrected chi connectivity index (χ3v) is 4.70. The van der Waals surface area contributed by atoms with E-state index in [2.05, 4.69) is 46.0 Å². The molecule has 0 aromatic rings. The van der Waals surface area contributed by atoms with Crippen molar-refractivity contribution < 1.29 is 0 Å². The minimum Gasteiger partial charge on any atom is -0.313 e. The second-order valence-corrected chi connectivity index (χ2v) is 7.33. The van der Waals surface area contributed by atoms with Crippen LogP contribution in [0.1, 0.15) is 73.1 Å². The van der Waals surface area contributed by atoms with E-state index in [-0.39, 0.29) is 0 Å². The molecule has 0 aromatic heterocycles. The van der Waals surface area contributed by atoms with Crippen molar-refractivity contribution in [1.82, 2.24) is 5.32 Å². The molecule has 1 rings (SSSR count). The van der Waals surface area contributed by atoms with Gasteiger partial charge in [-0.25, -0.2) is 0 Å². The molecule has 0 aromatic carbocycles. The third-order valence-electron chi connectivity index (χ3n) is 4.70. The van der Waals surface area contributed by atoms with E-state index in [0.717, 1.165) is 24.9 Å². The first-order chi connectivity index (χ1) is 8.97. The second-order valence-electron chi connectivity index (χ2n) is 7.33. The summed E-state index contributed by atoms with van der Waals surface area (Å²) >= 11 is 0. The van der Waals surface area contributed by atoms with Crippen molar-refractivity contribution in [3.63, 3.8) is 0 Å². The van der Waals surface area contributed by atoms with E-state index in [9.17, 15) is 0 Å². The van der Waals surface area contributed by atoms with E-state index >= 15 is 0 Å². The summed E-state index contributed by atoms with van der Waals surface area (Å²) in [5.41, 5.74) is 2.12. The average molecular weight is 265 g/mol. The summed E-state index contributed by atoms with van der Waals surface area (Å²) in [4.78, 5) is 0. The Morgan fingerprint density at radius 3 is 2.21 bits per heavy atom. The quantitative estimate of drug-likeness (QED) is 0.516. The summed E-state index contributed by atoms with van der Waals surface area (Å²) in [5, 5.41) is 3.54. The van der Waals surface area contributed by atoms with Gasteiger partial charge in [-0.1, -0.05) is 46.3 Å². The van der Waals surface area contributed by atoms with Crippen molar-refractivity contribution in [2.75, 3.05) is 13.1 Å². The molecule has 0 unspecified atom stereocenters. The fraction of sp³-hybridized carbons (Fsp3) is 0.889. The molecular formula is C18H35N. The summed E-state index contributed by atoms with van der Waals surface area (Å²) in [6.07, 6.45) is 10.7. The topological polar surface area (TPSA) is 12.0 Å². The fourth-order valence-electron chi connectivity index (χ4n) is 3.21. The first-order valence-electron chi connectivity index (χ1n) is 8.37. The van der Waals surface area contributed by atoms with Gasteiger partial charge < -0.3 is 5.32 Å². The lowest BCUT2D eigenvalue weighted by molar-refractivity contribution is 0.162. The molecule has 0 spiro atoms. The monoisotopic (exact) mass is 265 g/mol. The Bertz CT molecular complexity index is 264. The van der Waals surface area contributed by atoms with Crippen molar-refractivity contribution in [3.05, 3.63) is 11.6 Å². The molecular weight excluding hydrogens is 230 g/mol. The summed E-state index contributed by atoms with van der Waals surface area (Å²) in [7, 11) is 0. The SMILES string of the molecule is CCCNCC(=CC1CCC(C(C)(C)C)CC1)CC. The van der Waals surface area contributed by atoms with Gasteiger partial charge in [0, 0.05) is 6.54 Å². The van der Waals surface area contributed by atoms with Gasteiger partial charge in [0.15, 0.2) is 0 Å². The lowest BCUT2D eigenvalue weighted by Crippen LogP contribution is -2.25. The Kier molecular flexibility index (Phi) is 7.13. The van der Waals surface area contributed by atoms with Crippen molar-refractivity contribution in [3.8, 4) is 0 Å². The molecule has 0 saturated heterocycles. The van der Waals surface area contributed by atoms with Crippen LogP contribution in [0.25, 0.3) is 0 Å². The van der Waals surface area contributed by atoms with Gasteiger partial charge in [0.1, 0.15) is 0 Å². The summed E-state index contributed by atoms with van der Waals surface area (Å²) in [6, 6.07) is 0. The van der Waals surface area contributed by atoms with Crippen LogP contribution >= 0.6 is 0 Å². The normalized spacial score (nSPS) is 25.6. The molecule has 112 valence electrons. The molecule has 1 saturated carbocycles. The fourth-order valence-corrected chi connectivity index (χ4v) is 3.21. The molecule has 0 atom stereocenters. The Labute approximate surface area is 121 Å². The number of hydrogen-bond donors (Lipinski definition) is 1. The van der Waals surface area contributed by atoms with Crippen LogP contribution in [0.4, 0.5) is 0 Å². The standard InChI is InChI=1S/C18H35N/c1-6-12-19-14-15(7-2)13-16-8-10-17(11-9-16)18(3,4)5/h13,16-17,19H,6-12,14H2,1-5H3. The summed E-state index contributed by atoms with van der Waals surface area (Å²) in [6.45, 7) is 14.0. The first-order valence-corrected chi connectivity index (χ1v) is 8.37. The maximum Gasteiger partial charge on any atom is 0.0164 e. The molecule has 0 aliphatic heterocycles. The predicted octanol–water partition coefficient (Wildman–Crippen LogP) is 5.17. The highest BCUT2D eigenvalue weighted by Gasteiger charge is 2.28. The molecule has 0 bridgehead atoms. The van der Waals surface area contributed by atoms with Gasteiger partial charge in [-0.3, -0.25) is 0 Å². The van der Waals surface area contributed by atoms with Crippen LogP contribution in [-0.4, -0.2) is 13.1 Å². The zero-order valence-corrected chi connectivity index (χ0v) is 13.9. The molecule has 0 radical (unpaired) electrons. The maximum absolute atomic E-state index is 3.54. The van der Waals surface area contributed by atoms with E-state index in [1.807, 2.05) is 0 Å². The van der Waals surface area contributed by atoms with Gasteiger partial charge in [-0.15, -0.1) is 0 Å².